The summed E-state index contributed by atoms with van der Waals surface area (Å²) in [7, 11) is -3.85. The van der Waals surface area contributed by atoms with Gasteiger partial charge in [-0.15, -0.1) is 0 Å². The van der Waals surface area contributed by atoms with Crippen LogP contribution >= 0.6 is 34.8 Å². The van der Waals surface area contributed by atoms with E-state index >= 15 is 0 Å². The molecule has 4 aromatic rings. The van der Waals surface area contributed by atoms with Crippen molar-refractivity contribution in [1.29, 1.82) is 0 Å². The molecule has 1 N–H and O–H groups in total. The number of rotatable bonds is 7. The van der Waals surface area contributed by atoms with E-state index < -0.39 is 22.0 Å². The highest BCUT2D eigenvalue weighted by atomic mass is 35.5. The maximum absolute atomic E-state index is 13.1. The number of para-hydroxylation sites is 1. The molecule has 1 saturated heterocycles. The highest BCUT2D eigenvalue weighted by Gasteiger charge is 2.39. The van der Waals surface area contributed by atoms with Crippen molar-refractivity contribution < 1.29 is 13.2 Å². The van der Waals surface area contributed by atoms with Gasteiger partial charge in [0, 0.05) is 40.8 Å². The number of carbonyl (C=O) groups is 1. The molecule has 1 fully saturated rings. The van der Waals surface area contributed by atoms with Gasteiger partial charge in [0.1, 0.15) is 6.04 Å². The van der Waals surface area contributed by atoms with Crippen LogP contribution in [0.15, 0.2) is 82.9 Å². The van der Waals surface area contributed by atoms with Crippen molar-refractivity contribution >= 4 is 67.9 Å². The first-order chi connectivity index (χ1) is 18.2. The summed E-state index contributed by atoms with van der Waals surface area (Å²) in [5.41, 5.74) is 5.31. The molecule has 1 atom stereocenters. The number of nitrogens with one attached hydrogen (secondary N) is 1. The monoisotopic (exact) mass is 588 g/mol. The van der Waals surface area contributed by atoms with Gasteiger partial charge in [0.15, 0.2) is 0 Å². The average molecular weight is 590 g/mol. The van der Waals surface area contributed by atoms with E-state index in [0.29, 0.717) is 34.5 Å². The minimum atomic E-state index is -3.85. The molecule has 196 valence electrons. The van der Waals surface area contributed by atoms with Crippen molar-refractivity contribution in [3.63, 3.8) is 0 Å². The van der Waals surface area contributed by atoms with Crippen LogP contribution in [0.1, 0.15) is 24.0 Å². The normalized spacial score (nSPS) is 16.4. The molecule has 11 heteroatoms. The highest BCUT2D eigenvalue weighted by molar-refractivity contribution is 7.89. The Hall–Kier alpha value is -2.88. The molecule has 3 aromatic carbocycles. The second-order valence-electron chi connectivity index (χ2n) is 8.94. The Balaban J connectivity index is 1.33. The summed E-state index contributed by atoms with van der Waals surface area (Å²) in [6, 6.07) is 18.4. The number of fused-ring (bicyclic) bond motifs is 1. The molecule has 0 unspecified atom stereocenters. The summed E-state index contributed by atoms with van der Waals surface area (Å²) in [4.78, 5) is 13.1. The van der Waals surface area contributed by atoms with Crippen LogP contribution in [0.2, 0.25) is 15.1 Å². The smallest absolute Gasteiger partial charge is 0.258 e. The molecule has 5 rings (SSSR count). The Morgan fingerprint density at radius 3 is 2.55 bits per heavy atom. The Kier molecular flexibility index (Phi) is 7.79. The van der Waals surface area contributed by atoms with Crippen molar-refractivity contribution in [2.24, 2.45) is 5.10 Å². The first-order valence-corrected chi connectivity index (χ1v) is 14.4. The standard InChI is InChI=1S/C27H23Cl3N4O3S/c28-20-8-10-21(11-9-20)38(36,37)34-13-3-6-26(34)27(35)32-31-15-19-17-33(25-5-2-1-4-22(19)25)16-18-7-12-23(29)24(30)14-18/h1-2,4-5,7-12,14-15,17,26H,3,6,13,16H2,(H,32,35)/b31-15-/t26-/m0/s1. The van der Waals surface area contributed by atoms with Crippen LogP contribution < -0.4 is 5.43 Å². The van der Waals surface area contributed by atoms with Gasteiger partial charge in [-0.2, -0.15) is 9.41 Å². The lowest BCUT2D eigenvalue weighted by atomic mass is 10.2. The predicted octanol–water partition coefficient (Wildman–Crippen LogP) is 5.95. The molecular formula is C27H23Cl3N4O3S. The fraction of sp³-hybridized carbons (Fsp3) is 0.185. The van der Waals surface area contributed by atoms with Crippen molar-refractivity contribution in [2.75, 3.05) is 6.54 Å². The maximum atomic E-state index is 13.1. The van der Waals surface area contributed by atoms with Crippen LogP contribution in [0.5, 0.6) is 0 Å². The van der Waals surface area contributed by atoms with Crippen molar-refractivity contribution in [3.8, 4) is 0 Å². The van der Waals surface area contributed by atoms with Crippen LogP contribution in [0.4, 0.5) is 0 Å². The largest absolute Gasteiger partial charge is 0.342 e. The number of hydrazone groups is 1. The first-order valence-electron chi connectivity index (χ1n) is 11.9. The third-order valence-electron chi connectivity index (χ3n) is 6.46. The molecule has 0 radical (unpaired) electrons. The summed E-state index contributed by atoms with van der Waals surface area (Å²) < 4.78 is 29.6. The van der Waals surface area contributed by atoms with Gasteiger partial charge in [-0.05, 0) is 60.9 Å². The molecular weight excluding hydrogens is 567 g/mol. The Morgan fingerprint density at radius 1 is 1.03 bits per heavy atom. The summed E-state index contributed by atoms with van der Waals surface area (Å²) in [6.07, 6.45) is 4.50. The number of carbonyl (C=O) groups excluding carboxylic acids is 1. The number of halogens is 3. The Bertz CT molecular complexity index is 1640. The molecule has 1 aliphatic heterocycles. The lowest BCUT2D eigenvalue weighted by Crippen LogP contribution is -2.44. The lowest BCUT2D eigenvalue weighted by molar-refractivity contribution is -0.124. The fourth-order valence-corrected chi connectivity index (χ4v) is 6.72. The molecule has 0 saturated carbocycles. The van der Waals surface area contributed by atoms with E-state index in [0.717, 1.165) is 22.0 Å². The maximum Gasteiger partial charge on any atom is 0.258 e. The van der Waals surface area contributed by atoms with E-state index in [-0.39, 0.29) is 11.4 Å². The van der Waals surface area contributed by atoms with Crippen molar-refractivity contribution in [3.05, 3.63) is 99.1 Å². The van der Waals surface area contributed by atoms with Gasteiger partial charge in [-0.3, -0.25) is 4.79 Å². The summed E-state index contributed by atoms with van der Waals surface area (Å²) in [5, 5.41) is 6.55. The number of benzene rings is 3. The summed E-state index contributed by atoms with van der Waals surface area (Å²) in [5.74, 6) is -0.476. The molecule has 0 aliphatic carbocycles. The summed E-state index contributed by atoms with van der Waals surface area (Å²) >= 11 is 18.1. The highest BCUT2D eigenvalue weighted by Crippen LogP contribution is 2.28. The second kappa shape index (κ2) is 11.1. The van der Waals surface area contributed by atoms with E-state index in [4.69, 9.17) is 34.8 Å². The minimum Gasteiger partial charge on any atom is -0.342 e. The number of aromatic nitrogens is 1. The van der Waals surface area contributed by atoms with E-state index in [1.54, 1.807) is 12.3 Å². The van der Waals surface area contributed by atoms with Gasteiger partial charge < -0.3 is 4.57 Å². The molecule has 1 aromatic heterocycles. The van der Waals surface area contributed by atoms with E-state index in [2.05, 4.69) is 15.1 Å². The van der Waals surface area contributed by atoms with Crippen LogP contribution in [-0.2, 0) is 21.4 Å². The average Bonchev–Trinajstić information content (AvgIpc) is 3.53. The SMILES string of the molecule is O=C(N/N=C\c1cn(Cc2ccc(Cl)c(Cl)c2)c2ccccc12)[C@@H]1CCCN1S(=O)(=O)c1ccc(Cl)cc1. The van der Waals surface area contributed by atoms with E-state index in [1.807, 2.05) is 42.6 Å². The molecule has 2 heterocycles. The zero-order valence-corrected chi connectivity index (χ0v) is 23.1. The number of hydrogen-bond donors (Lipinski definition) is 1. The van der Waals surface area contributed by atoms with Crippen LogP contribution in [0.3, 0.4) is 0 Å². The zero-order chi connectivity index (χ0) is 26.9. The third-order valence-corrected chi connectivity index (χ3v) is 9.37. The van der Waals surface area contributed by atoms with Gasteiger partial charge in [0.2, 0.25) is 10.0 Å². The Labute approximate surface area is 235 Å². The van der Waals surface area contributed by atoms with Gasteiger partial charge in [-0.25, -0.2) is 13.8 Å². The number of hydrogen-bond acceptors (Lipinski definition) is 4. The first kappa shape index (κ1) is 26.7. The number of sulfonamides is 1. The van der Waals surface area contributed by atoms with Crippen LogP contribution in [-0.4, -0.2) is 42.0 Å². The second-order valence-corrected chi connectivity index (χ2v) is 12.1. The molecule has 38 heavy (non-hydrogen) atoms. The number of amides is 1. The Morgan fingerprint density at radius 2 is 1.79 bits per heavy atom. The molecule has 0 spiro atoms. The zero-order valence-electron chi connectivity index (χ0n) is 20.0. The fourth-order valence-electron chi connectivity index (χ4n) is 4.62. The lowest BCUT2D eigenvalue weighted by Gasteiger charge is -2.22. The van der Waals surface area contributed by atoms with Crippen molar-refractivity contribution in [1.82, 2.24) is 14.3 Å². The summed E-state index contributed by atoms with van der Waals surface area (Å²) in [6.45, 7) is 0.826. The topological polar surface area (TPSA) is 83.8 Å². The van der Waals surface area contributed by atoms with Crippen LogP contribution in [0.25, 0.3) is 10.9 Å². The van der Waals surface area contributed by atoms with E-state index in [9.17, 15) is 13.2 Å². The van der Waals surface area contributed by atoms with Gasteiger partial charge in [0.25, 0.3) is 5.91 Å². The minimum absolute atomic E-state index is 0.0971. The molecule has 7 nitrogen and oxygen atoms in total. The third kappa shape index (κ3) is 5.46. The van der Waals surface area contributed by atoms with Gasteiger partial charge in [0.05, 0.1) is 21.2 Å². The molecule has 0 bridgehead atoms. The van der Waals surface area contributed by atoms with Gasteiger partial charge >= 0.3 is 0 Å². The van der Waals surface area contributed by atoms with E-state index in [1.165, 1.54) is 28.6 Å². The molecule has 1 aliphatic rings. The quantitative estimate of drug-likeness (QED) is 0.213. The van der Waals surface area contributed by atoms with Gasteiger partial charge in [-0.1, -0.05) is 59.1 Å². The number of nitrogens with zero attached hydrogens (tertiary/aromatic N) is 3. The predicted molar refractivity (Wildman–Crippen MR) is 152 cm³/mol. The molecule has 1 amide bonds. The van der Waals surface area contributed by atoms with Crippen LogP contribution in [0, 0.1) is 0 Å². The van der Waals surface area contributed by atoms with Crippen molar-refractivity contribution in [2.45, 2.75) is 30.3 Å².